The van der Waals surface area contributed by atoms with E-state index in [0.717, 1.165) is 0 Å². The molecular weight excluding hydrogens is 321 g/mol. The van der Waals surface area contributed by atoms with Crippen LogP contribution in [0.3, 0.4) is 0 Å². The van der Waals surface area contributed by atoms with E-state index in [0.29, 0.717) is 11.3 Å². The molecule has 0 saturated carbocycles. The first kappa shape index (κ1) is 14.4. The Balaban J connectivity index is 2.83. The van der Waals surface area contributed by atoms with Crippen LogP contribution in [-0.4, -0.2) is 15.8 Å². The predicted octanol–water partition coefficient (Wildman–Crippen LogP) is 2.75. The van der Waals surface area contributed by atoms with Gasteiger partial charge in [0.2, 0.25) is 0 Å². The number of aryl methyl sites for hydroxylation is 1. The summed E-state index contributed by atoms with van der Waals surface area (Å²) >= 11 is 2.91. The second-order valence-corrected chi connectivity index (χ2v) is 5.27. The van der Waals surface area contributed by atoms with Crippen molar-refractivity contribution in [1.82, 2.24) is 4.57 Å². The summed E-state index contributed by atoms with van der Waals surface area (Å²) in [6, 6.07) is 0. The number of nitrogens with two attached hydrogens (primary N) is 1. The van der Waals surface area contributed by atoms with Crippen molar-refractivity contribution in [1.29, 1.82) is 0 Å². The molecule has 2 N–H and O–H groups in total. The Labute approximate surface area is 108 Å². The lowest BCUT2D eigenvalue weighted by Crippen LogP contribution is -2.23. The summed E-state index contributed by atoms with van der Waals surface area (Å²) in [5.41, 5.74) is 1.93. The van der Waals surface area contributed by atoms with Crippen LogP contribution in [0.4, 0.5) is 18.9 Å². The molecule has 0 aliphatic rings. The van der Waals surface area contributed by atoms with Gasteiger partial charge in [-0.15, -0.1) is 0 Å². The standard InChI is InChI=1S/C9H10BrF3N2OS/c1-5-6(14)4-15(8(16)7(5)10)2-3-17-9(11,12)13/h4H,2-3,14H2,1H3. The molecule has 0 fully saturated rings. The minimum Gasteiger partial charge on any atom is -0.397 e. The maximum absolute atomic E-state index is 11.9. The summed E-state index contributed by atoms with van der Waals surface area (Å²) in [4.78, 5) is 11.7. The fourth-order valence-corrected chi connectivity index (χ4v) is 2.14. The number of hydrogen-bond donors (Lipinski definition) is 1. The fraction of sp³-hybridized carbons (Fsp3) is 0.444. The molecule has 0 atom stereocenters. The predicted molar refractivity (Wildman–Crippen MR) is 66.1 cm³/mol. The van der Waals surface area contributed by atoms with Crippen molar-refractivity contribution >= 4 is 33.4 Å². The first-order valence-corrected chi connectivity index (χ1v) is 6.36. The molecule has 0 spiro atoms. The summed E-state index contributed by atoms with van der Waals surface area (Å²) in [6.07, 6.45) is 1.36. The van der Waals surface area contributed by atoms with Crippen LogP contribution < -0.4 is 11.3 Å². The second-order valence-electron chi connectivity index (χ2n) is 3.32. The monoisotopic (exact) mass is 330 g/mol. The van der Waals surface area contributed by atoms with Gasteiger partial charge in [-0.05, 0) is 40.2 Å². The highest BCUT2D eigenvalue weighted by Crippen LogP contribution is 2.30. The lowest BCUT2D eigenvalue weighted by molar-refractivity contribution is -0.0328. The van der Waals surface area contributed by atoms with Crippen molar-refractivity contribution in [3.05, 3.63) is 26.6 Å². The Morgan fingerprint density at radius 2 is 2.12 bits per heavy atom. The second kappa shape index (κ2) is 5.34. The van der Waals surface area contributed by atoms with E-state index in [4.69, 9.17) is 5.73 Å². The van der Waals surface area contributed by atoms with E-state index < -0.39 is 5.51 Å². The summed E-state index contributed by atoms with van der Waals surface area (Å²) in [5.74, 6) is -0.224. The number of alkyl halides is 3. The number of aromatic nitrogens is 1. The minimum absolute atomic E-state index is 0.0356. The highest BCUT2D eigenvalue weighted by Gasteiger charge is 2.27. The van der Waals surface area contributed by atoms with Gasteiger partial charge in [-0.3, -0.25) is 4.79 Å². The van der Waals surface area contributed by atoms with Gasteiger partial charge in [0, 0.05) is 18.5 Å². The van der Waals surface area contributed by atoms with Crippen LogP contribution in [0.5, 0.6) is 0 Å². The van der Waals surface area contributed by atoms with Crippen LogP contribution in [0.2, 0.25) is 0 Å². The topological polar surface area (TPSA) is 48.0 Å². The average Bonchev–Trinajstić information content (AvgIpc) is 2.21. The Bertz CT molecular complexity index is 473. The highest BCUT2D eigenvalue weighted by molar-refractivity contribution is 9.10. The molecule has 0 bridgehead atoms. The van der Waals surface area contributed by atoms with Gasteiger partial charge in [0.25, 0.3) is 5.56 Å². The molecular formula is C9H10BrF3N2OS. The molecule has 1 aromatic heterocycles. The molecule has 0 aliphatic carbocycles. The summed E-state index contributed by atoms with van der Waals surface area (Å²) in [6.45, 7) is 1.63. The van der Waals surface area contributed by atoms with E-state index in [1.165, 1.54) is 10.8 Å². The zero-order chi connectivity index (χ0) is 13.2. The number of nitrogen functional groups attached to an aromatic ring is 1. The third-order valence-electron chi connectivity index (χ3n) is 2.10. The number of halogens is 4. The van der Waals surface area contributed by atoms with Crippen LogP contribution in [0.1, 0.15) is 5.56 Å². The highest BCUT2D eigenvalue weighted by atomic mass is 79.9. The van der Waals surface area contributed by atoms with Crippen LogP contribution in [0.25, 0.3) is 0 Å². The van der Waals surface area contributed by atoms with Gasteiger partial charge in [-0.25, -0.2) is 0 Å². The number of pyridine rings is 1. The summed E-state index contributed by atoms with van der Waals surface area (Å²) in [5, 5.41) is 0. The van der Waals surface area contributed by atoms with Gasteiger partial charge in [-0.1, -0.05) is 0 Å². The van der Waals surface area contributed by atoms with Crippen LogP contribution in [0.15, 0.2) is 15.5 Å². The minimum atomic E-state index is -4.28. The molecule has 1 rings (SSSR count). The molecule has 0 aromatic carbocycles. The molecule has 3 nitrogen and oxygen atoms in total. The van der Waals surface area contributed by atoms with Crippen LogP contribution >= 0.6 is 27.7 Å². The van der Waals surface area contributed by atoms with E-state index in [1.807, 2.05) is 0 Å². The lowest BCUT2D eigenvalue weighted by Gasteiger charge is -2.11. The number of rotatable bonds is 3. The number of thioether (sulfide) groups is 1. The Hall–Kier alpha value is -0.630. The molecule has 0 saturated heterocycles. The SMILES string of the molecule is Cc1c(N)cn(CCSC(F)(F)F)c(=O)c1Br. The van der Waals surface area contributed by atoms with E-state index in [9.17, 15) is 18.0 Å². The van der Waals surface area contributed by atoms with Crippen molar-refractivity contribution in [3.63, 3.8) is 0 Å². The molecule has 0 amide bonds. The lowest BCUT2D eigenvalue weighted by atomic mass is 10.2. The van der Waals surface area contributed by atoms with Crippen molar-refractivity contribution in [2.75, 3.05) is 11.5 Å². The van der Waals surface area contributed by atoms with Crippen molar-refractivity contribution in [2.24, 2.45) is 0 Å². The fourth-order valence-electron chi connectivity index (χ4n) is 1.16. The molecule has 96 valence electrons. The summed E-state index contributed by atoms with van der Waals surface area (Å²) in [7, 11) is 0. The quantitative estimate of drug-likeness (QED) is 0.927. The van der Waals surface area contributed by atoms with Crippen LogP contribution in [-0.2, 0) is 6.54 Å². The van der Waals surface area contributed by atoms with Gasteiger partial charge >= 0.3 is 5.51 Å². The van der Waals surface area contributed by atoms with E-state index >= 15 is 0 Å². The number of nitrogens with zero attached hydrogens (tertiary/aromatic N) is 1. The molecule has 8 heteroatoms. The maximum atomic E-state index is 11.9. The van der Waals surface area contributed by atoms with E-state index in [2.05, 4.69) is 15.9 Å². The normalized spacial score (nSPS) is 11.8. The average molecular weight is 331 g/mol. The zero-order valence-electron chi connectivity index (χ0n) is 8.84. The van der Waals surface area contributed by atoms with Crippen molar-refractivity contribution in [3.8, 4) is 0 Å². The molecule has 0 radical (unpaired) electrons. The molecule has 17 heavy (non-hydrogen) atoms. The Morgan fingerprint density at radius 3 is 2.65 bits per heavy atom. The zero-order valence-corrected chi connectivity index (χ0v) is 11.2. The van der Waals surface area contributed by atoms with Crippen LogP contribution in [0, 0.1) is 6.92 Å². The van der Waals surface area contributed by atoms with Gasteiger partial charge in [0.1, 0.15) is 0 Å². The first-order valence-electron chi connectivity index (χ1n) is 4.58. The Morgan fingerprint density at radius 1 is 1.53 bits per heavy atom. The smallest absolute Gasteiger partial charge is 0.397 e. The first-order chi connectivity index (χ1) is 7.72. The van der Waals surface area contributed by atoms with E-state index in [1.54, 1.807) is 6.92 Å². The maximum Gasteiger partial charge on any atom is 0.441 e. The van der Waals surface area contributed by atoms with Crippen molar-refractivity contribution in [2.45, 2.75) is 19.0 Å². The molecule has 0 unspecified atom stereocenters. The Kier molecular flexibility index (Phi) is 4.54. The molecule has 1 aromatic rings. The third-order valence-corrected chi connectivity index (χ3v) is 3.75. The largest absolute Gasteiger partial charge is 0.441 e. The van der Waals surface area contributed by atoms with Gasteiger partial charge < -0.3 is 10.3 Å². The van der Waals surface area contributed by atoms with Crippen molar-refractivity contribution < 1.29 is 13.2 Å². The number of hydrogen-bond acceptors (Lipinski definition) is 3. The third kappa shape index (κ3) is 3.95. The van der Waals surface area contributed by atoms with Gasteiger partial charge in [0.05, 0.1) is 10.2 Å². The number of anilines is 1. The van der Waals surface area contributed by atoms with Gasteiger partial charge in [-0.2, -0.15) is 13.2 Å². The van der Waals surface area contributed by atoms with Gasteiger partial charge in [0.15, 0.2) is 0 Å². The summed E-state index contributed by atoms with van der Waals surface area (Å²) < 4.78 is 37.2. The molecule has 1 heterocycles. The van der Waals surface area contributed by atoms with E-state index in [-0.39, 0.29) is 34.1 Å². The molecule has 0 aliphatic heterocycles.